The smallest absolute Gasteiger partial charge is 0.248 e. The van der Waals surface area contributed by atoms with Crippen molar-refractivity contribution in [1.29, 1.82) is 0 Å². The number of carbonyl (C=O) groups excluding carboxylic acids is 1. The van der Waals surface area contributed by atoms with E-state index in [0.29, 0.717) is 5.69 Å². The van der Waals surface area contributed by atoms with Crippen molar-refractivity contribution < 1.29 is 4.79 Å². The number of pyridine rings is 1. The molecule has 1 N–H and O–H groups in total. The van der Waals surface area contributed by atoms with Gasteiger partial charge in [-0.25, -0.2) is 0 Å². The van der Waals surface area contributed by atoms with Gasteiger partial charge in [0.25, 0.3) is 0 Å². The Hall–Kier alpha value is -2.94. The maximum absolute atomic E-state index is 12.0. The molecule has 0 unspecified atom stereocenters. The Bertz CT molecular complexity index is 853. The number of amides is 1. The Kier molecular flexibility index (Phi) is 3.97. The van der Waals surface area contributed by atoms with Crippen LogP contribution in [0.3, 0.4) is 0 Å². The Morgan fingerprint density at radius 3 is 2.82 bits per heavy atom. The molecule has 3 nitrogen and oxygen atoms in total. The molecule has 3 aromatic rings. The average Bonchev–Trinajstić information content (AvgIpc) is 2.53. The lowest BCUT2D eigenvalue weighted by molar-refractivity contribution is -0.111. The van der Waals surface area contributed by atoms with Gasteiger partial charge in [-0.2, -0.15) is 0 Å². The first kappa shape index (κ1) is 14.0. The number of hydrogen-bond acceptors (Lipinski definition) is 2. The van der Waals surface area contributed by atoms with Gasteiger partial charge in [-0.15, -0.1) is 0 Å². The van der Waals surface area contributed by atoms with Gasteiger partial charge in [-0.1, -0.05) is 48.0 Å². The summed E-state index contributed by atoms with van der Waals surface area (Å²) in [6, 6.07) is 17.7. The number of rotatable bonds is 3. The van der Waals surface area contributed by atoms with Crippen LogP contribution < -0.4 is 5.32 Å². The van der Waals surface area contributed by atoms with Crippen molar-refractivity contribution in [2.45, 2.75) is 6.92 Å². The van der Waals surface area contributed by atoms with Crippen LogP contribution >= 0.6 is 0 Å². The average molecular weight is 288 g/mol. The van der Waals surface area contributed by atoms with Gasteiger partial charge in [0, 0.05) is 11.5 Å². The number of nitrogens with zero attached hydrogens (tertiary/aromatic N) is 1. The molecule has 0 aliphatic rings. The summed E-state index contributed by atoms with van der Waals surface area (Å²) in [6.45, 7) is 2.03. The van der Waals surface area contributed by atoms with Crippen LogP contribution in [0.4, 0.5) is 5.69 Å². The molecular weight excluding hydrogens is 272 g/mol. The van der Waals surface area contributed by atoms with E-state index in [1.54, 1.807) is 12.3 Å². The van der Waals surface area contributed by atoms with E-state index < -0.39 is 0 Å². The van der Waals surface area contributed by atoms with Gasteiger partial charge in [0.2, 0.25) is 5.91 Å². The highest BCUT2D eigenvalue weighted by Gasteiger charge is 2.00. The number of aryl methyl sites for hydroxylation is 1. The molecule has 1 aromatic heterocycles. The molecular formula is C19H16N2O. The number of nitrogens with one attached hydrogen (secondary N) is 1. The minimum Gasteiger partial charge on any atom is -0.321 e. The molecule has 2 aromatic carbocycles. The van der Waals surface area contributed by atoms with E-state index in [2.05, 4.69) is 10.3 Å². The van der Waals surface area contributed by atoms with Crippen LogP contribution in [0.15, 0.2) is 66.9 Å². The molecule has 3 rings (SSSR count). The van der Waals surface area contributed by atoms with Crippen LogP contribution in [0.2, 0.25) is 0 Å². The first-order chi connectivity index (χ1) is 10.7. The molecule has 108 valence electrons. The fraction of sp³-hybridized carbons (Fsp3) is 0.0526. The lowest BCUT2D eigenvalue weighted by atomic mass is 10.1. The zero-order valence-corrected chi connectivity index (χ0v) is 12.3. The molecule has 1 amide bonds. The maximum Gasteiger partial charge on any atom is 0.248 e. The summed E-state index contributed by atoms with van der Waals surface area (Å²) in [4.78, 5) is 16.3. The fourth-order valence-electron chi connectivity index (χ4n) is 2.27. The lowest BCUT2D eigenvalue weighted by Crippen LogP contribution is -2.07. The van der Waals surface area contributed by atoms with Crippen LogP contribution in [0.5, 0.6) is 0 Å². The topological polar surface area (TPSA) is 42.0 Å². The largest absolute Gasteiger partial charge is 0.321 e. The van der Waals surface area contributed by atoms with E-state index in [1.165, 1.54) is 11.6 Å². The van der Waals surface area contributed by atoms with Crippen molar-refractivity contribution in [2.24, 2.45) is 0 Å². The van der Waals surface area contributed by atoms with Crippen molar-refractivity contribution >= 4 is 28.6 Å². The monoisotopic (exact) mass is 288 g/mol. The van der Waals surface area contributed by atoms with E-state index in [9.17, 15) is 4.79 Å². The SMILES string of the molecule is Cc1cccc(/C=C/C(=O)Nc2cnc3ccccc3c2)c1. The van der Waals surface area contributed by atoms with E-state index in [0.717, 1.165) is 16.5 Å². The molecule has 0 aliphatic heterocycles. The van der Waals surface area contributed by atoms with E-state index in [-0.39, 0.29) is 5.91 Å². The zero-order chi connectivity index (χ0) is 15.4. The number of carbonyl (C=O) groups is 1. The quantitative estimate of drug-likeness (QED) is 0.734. The van der Waals surface area contributed by atoms with E-state index in [1.807, 2.05) is 61.5 Å². The standard InChI is InChI=1S/C19H16N2O/c1-14-5-4-6-15(11-14)9-10-19(22)21-17-12-16-7-2-3-8-18(16)20-13-17/h2-13H,1H3,(H,21,22)/b10-9+. The van der Waals surface area contributed by atoms with Gasteiger partial charge in [0.1, 0.15) is 0 Å². The molecule has 22 heavy (non-hydrogen) atoms. The third-order valence-electron chi connectivity index (χ3n) is 3.33. The second-order valence-corrected chi connectivity index (χ2v) is 5.15. The lowest BCUT2D eigenvalue weighted by Gasteiger charge is -2.03. The van der Waals surface area contributed by atoms with Crippen molar-refractivity contribution in [1.82, 2.24) is 4.98 Å². The summed E-state index contributed by atoms with van der Waals surface area (Å²) in [6.07, 6.45) is 5.00. The Morgan fingerprint density at radius 1 is 1.09 bits per heavy atom. The number of fused-ring (bicyclic) bond motifs is 1. The van der Waals surface area contributed by atoms with Crippen LogP contribution in [0, 0.1) is 6.92 Å². The van der Waals surface area contributed by atoms with Gasteiger partial charge in [-0.05, 0) is 30.7 Å². The van der Waals surface area contributed by atoms with E-state index >= 15 is 0 Å². The summed E-state index contributed by atoms with van der Waals surface area (Å²) >= 11 is 0. The number of para-hydroxylation sites is 1. The summed E-state index contributed by atoms with van der Waals surface area (Å²) < 4.78 is 0. The molecule has 0 bridgehead atoms. The minimum absolute atomic E-state index is 0.168. The van der Waals surface area contributed by atoms with Gasteiger partial charge >= 0.3 is 0 Å². The second kappa shape index (κ2) is 6.22. The predicted molar refractivity (Wildman–Crippen MR) is 90.6 cm³/mol. The zero-order valence-electron chi connectivity index (χ0n) is 12.3. The molecule has 0 saturated carbocycles. The molecule has 0 spiro atoms. The highest BCUT2D eigenvalue weighted by atomic mass is 16.1. The third kappa shape index (κ3) is 3.38. The summed E-state index contributed by atoms with van der Waals surface area (Å²) in [5, 5.41) is 3.83. The summed E-state index contributed by atoms with van der Waals surface area (Å²) in [7, 11) is 0. The second-order valence-electron chi connectivity index (χ2n) is 5.15. The van der Waals surface area contributed by atoms with Gasteiger partial charge in [-0.3, -0.25) is 9.78 Å². The van der Waals surface area contributed by atoms with Crippen LogP contribution in [0.25, 0.3) is 17.0 Å². The molecule has 3 heteroatoms. The Morgan fingerprint density at radius 2 is 1.95 bits per heavy atom. The minimum atomic E-state index is -0.168. The molecule has 0 atom stereocenters. The Labute approximate surface area is 129 Å². The molecule has 0 fully saturated rings. The van der Waals surface area contributed by atoms with Crippen molar-refractivity contribution in [3.05, 3.63) is 78.0 Å². The predicted octanol–water partition coefficient (Wildman–Crippen LogP) is 4.20. The Balaban J connectivity index is 1.72. The number of anilines is 1. The number of hydrogen-bond donors (Lipinski definition) is 1. The molecule has 0 aliphatic carbocycles. The third-order valence-corrected chi connectivity index (χ3v) is 3.33. The first-order valence-corrected chi connectivity index (χ1v) is 7.11. The number of benzene rings is 2. The van der Waals surface area contributed by atoms with Crippen LogP contribution in [0.1, 0.15) is 11.1 Å². The maximum atomic E-state index is 12.0. The summed E-state index contributed by atoms with van der Waals surface area (Å²) in [5.74, 6) is -0.168. The summed E-state index contributed by atoms with van der Waals surface area (Å²) in [5.41, 5.74) is 3.78. The van der Waals surface area contributed by atoms with E-state index in [4.69, 9.17) is 0 Å². The van der Waals surface area contributed by atoms with Gasteiger partial charge in [0.05, 0.1) is 17.4 Å². The molecule has 0 saturated heterocycles. The highest BCUT2D eigenvalue weighted by molar-refractivity contribution is 6.02. The molecule has 1 heterocycles. The van der Waals surface area contributed by atoms with Crippen molar-refractivity contribution in [3.8, 4) is 0 Å². The normalized spacial score (nSPS) is 11.0. The van der Waals surface area contributed by atoms with Crippen LogP contribution in [-0.2, 0) is 4.79 Å². The van der Waals surface area contributed by atoms with Crippen LogP contribution in [-0.4, -0.2) is 10.9 Å². The van der Waals surface area contributed by atoms with Gasteiger partial charge in [0.15, 0.2) is 0 Å². The first-order valence-electron chi connectivity index (χ1n) is 7.11. The van der Waals surface area contributed by atoms with Crippen molar-refractivity contribution in [2.75, 3.05) is 5.32 Å². The molecule has 0 radical (unpaired) electrons. The number of aromatic nitrogens is 1. The fourth-order valence-corrected chi connectivity index (χ4v) is 2.27. The highest BCUT2D eigenvalue weighted by Crippen LogP contribution is 2.16. The van der Waals surface area contributed by atoms with Gasteiger partial charge < -0.3 is 5.32 Å². The van der Waals surface area contributed by atoms with Crippen molar-refractivity contribution in [3.63, 3.8) is 0 Å².